The first kappa shape index (κ1) is 17.0. The second-order valence-electron chi connectivity index (χ2n) is 5.83. The molecule has 1 aromatic carbocycles. The fourth-order valence-corrected chi connectivity index (χ4v) is 2.59. The monoisotopic (exact) mass is 277 g/mol. The molecule has 0 radical (unpaired) electrons. The Labute approximate surface area is 124 Å². The third kappa shape index (κ3) is 4.52. The van der Waals surface area contributed by atoms with E-state index in [0.717, 1.165) is 38.0 Å². The van der Waals surface area contributed by atoms with Crippen molar-refractivity contribution in [2.75, 3.05) is 6.61 Å². The van der Waals surface area contributed by atoms with Gasteiger partial charge in [0.25, 0.3) is 0 Å². The van der Waals surface area contributed by atoms with Crippen LogP contribution in [-0.2, 0) is 6.42 Å². The maximum atomic E-state index is 6.00. The molecule has 0 aromatic heterocycles. The summed E-state index contributed by atoms with van der Waals surface area (Å²) in [5, 5.41) is 0. The van der Waals surface area contributed by atoms with E-state index in [1.54, 1.807) is 0 Å². The van der Waals surface area contributed by atoms with Gasteiger partial charge in [0, 0.05) is 6.04 Å². The highest BCUT2D eigenvalue weighted by Gasteiger charge is 2.11. The molecule has 0 saturated carbocycles. The molecule has 1 unspecified atom stereocenters. The smallest absolute Gasteiger partial charge is 0.122 e. The summed E-state index contributed by atoms with van der Waals surface area (Å²) >= 11 is 0. The van der Waals surface area contributed by atoms with Crippen LogP contribution in [0.5, 0.6) is 5.75 Å². The van der Waals surface area contributed by atoms with Crippen LogP contribution >= 0.6 is 0 Å². The van der Waals surface area contributed by atoms with Crippen molar-refractivity contribution < 1.29 is 4.74 Å². The van der Waals surface area contributed by atoms with Gasteiger partial charge in [-0.25, -0.2) is 0 Å². The van der Waals surface area contributed by atoms with Gasteiger partial charge in [0.15, 0.2) is 0 Å². The van der Waals surface area contributed by atoms with E-state index >= 15 is 0 Å². The molecule has 0 aliphatic carbocycles. The first-order valence-electron chi connectivity index (χ1n) is 7.99. The normalized spacial score (nSPS) is 12.5. The Hall–Kier alpha value is -1.02. The van der Waals surface area contributed by atoms with Crippen LogP contribution < -0.4 is 10.5 Å². The molecule has 0 spiro atoms. The number of ether oxygens (including phenoxy) is 1. The summed E-state index contributed by atoms with van der Waals surface area (Å²) < 4.78 is 5.84. The highest BCUT2D eigenvalue weighted by Crippen LogP contribution is 2.29. The number of benzene rings is 1. The van der Waals surface area contributed by atoms with Crippen molar-refractivity contribution in [2.24, 2.45) is 5.73 Å². The molecule has 0 bridgehead atoms. The number of rotatable bonds is 8. The van der Waals surface area contributed by atoms with Crippen LogP contribution in [0, 0.1) is 20.8 Å². The molecule has 114 valence electrons. The summed E-state index contributed by atoms with van der Waals surface area (Å²) in [4.78, 5) is 0. The Balaban J connectivity index is 2.79. The van der Waals surface area contributed by atoms with Gasteiger partial charge in [-0.05, 0) is 81.2 Å². The van der Waals surface area contributed by atoms with Crippen molar-refractivity contribution >= 4 is 0 Å². The third-order valence-corrected chi connectivity index (χ3v) is 4.20. The van der Waals surface area contributed by atoms with Crippen molar-refractivity contribution in [2.45, 2.75) is 72.8 Å². The lowest BCUT2D eigenvalue weighted by Crippen LogP contribution is -2.18. The maximum absolute atomic E-state index is 6.00. The predicted molar refractivity (Wildman–Crippen MR) is 87.6 cm³/mol. The SMILES string of the molecule is CCCOc1cc(C)c(CCCC(N)CC)c(C)c1C. The molecular weight excluding hydrogens is 246 g/mol. The predicted octanol–water partition coefficient (Wildman–Crippen LogP) is 4.46. The van der Waals surface area contributed by atoms with Crippen LogP contribution in [-0.4, -0.2) is 12.6 Å². The minimum absolute atomic E-state index is 0.351. The fourth-order valence-electron chi connectivity index (χ4n) is 2.59. The molecule has 1 rings (SSSR count). The van der Waals surface area contributed by atoms with E-state index in [1.165, 1.54) is 28.7 Å². The molecule has 1 atom stereocenters. The van der Waals surface area contributed by atoms with Gasteiger partial charge in [-0.2, -0.15) is 0 Å². The Kier molecular flexibility index (Phi) is 7.08. The lowest BCUT2D eigenvalue weighted by atomic mass is 9.93. The molecule has 2 nitrogen and oxygen atoms in total. The van der Waals surface area contributed by atoms with Crippen LogP contribution in [0.3, 0.4) is 0 Å². The number of hydrogen-bond acceptors (Lipinski definition) is 2. The highest BCUT2D eigenvalue weighted by molar-refractivity contribution is 5.48. The van der Waals surface area contributed by atoms with Gasteiger partial charge in [-0.1, -0.05) is 13.8 Å². The molecule has 20 heavy (non-hydrogen) atoms. The first-order valence-corrected chi connectivity index (χ1v) is 7.99. The zero-order chi connectivity index (χ0) is 15.1. The Morgan fingerprint density at radius 3 is 2.45 bits per heavy atom. The summed E-state index contributed by atoms with van der Waals surface area (Å²) in [6.45, 7) is 11.7. The summed E-state index contributed by atoms with van der Waals surface area (Å²) in [5.41, 5.74) is 11.5. The first-order chi connectivity index (χ1) is 9.51. The van der Waals surface area contributed by atoms with Crippen LogP contribution in [0.4, 0.5) is 0 Å². The summed E-state index contributed by atoms with van der Waals surface area (Å²) in [5.74, 6) is 1.05. The van der Waals surface area contributed by atoms with Gasteiger partial charge in [0.1, 0.15) is 5.75 Å². The Morgan fingerprint density at radius 2 is 1.85 bits per heavy atom. The second-order valence-corrected chi connectivity index (χ2v) is 5.83. The molecule has 0 heterocycles. The van der Waals surface area contributed by atoms with Crippen molar-refractivity contribution in [3.63, 3.8) is 0 Å². The molecule has 2 N–H and O–H groups in total. The molecule has 2 heteroatoms. The average molecular weight is 277 g/mol. The van der Waals surface area contributed by atoms with Gasteiger partial charge in [-0.15, -0.1) is 0 Å². The van der Waals surface area contributed by atoms with Gasteiger partial charge in [-0.3, -0.25) is 0 Å². The number of aryl methyl sites for hydroxylation is 1. The zero-order valence-corrected chi connectivity index (χ0v) is 13.9. The van der Waals surface area contributed by atoms with E-state index in [-0.39, 0.29) is 0 Å². The van der Waals surface area contributed by atoms with E-state index in [2.05, 4.69) is 40.7 Å². The zero-order valence-electron chi connectivity index (χ0n) is 13.9. The van der Waals surface area contributed by atoms with Gasteiger partial charge >= 0.3 is 0 Å². The van der Waals surface area contributed by atoms with E-state index in [0.29, 0.717) is 6.04 Å². The number of hydrogen-bond donors (Lipinski definition) is 1. The minimum Gasteiger partial charge on any atom is -0.493 e. The van der Waals surface area contributed by atoms with E-state index in [1.807, 2.05) is 0 Å². The fraction of sp³-hybridized carbons (Fsp3) is 0.667. The Morgan fingerprint density at radius 1 is 1.15 bits per heavy atom. The van der Waals surface area contributed by atoms with Crippen molar-refractivity contribution in [3.8, 4) is 5.75 Å². The van der Waals surface area contributed by atoms with Crippen LogP contribution in [0.15, 0.2) is 6.07 Å². The second kappa shape index (κ2) is 8.31. The Bertz CT molecular complexity index is 426. The van der Waals surface area contributed by atoms with Gasteiger partial charge in [0.05, 0.1) is 6.61 Å². The minimum atomic E-state index is 0.351. The highest BCUT2D eigenvalue weighted by atomic mass is 16.5. The van der Waals surface area contributed by atoms with E-state index in [9.17, 15) is 0 Å². The summed E-state index contributed by atoms with van der Waals surface area (Å²) in [6.07, 6.45) is 5.53. The van der Waals surface area contributed by atoms with Gasteiger partial charge in [0.2, 0.25) is 0 Å². The molecule has 0 aliphatic rings. The standard InChI is InChI=1S/C18H31NO/c1-6-11-20-18-12-13(3)17(14(4)15(18)5)10-8-9-16(19)7-2/h12,16H,6-11,19H2,1-5H3. The van der Waals surface area contributed by atoms with Gasteiger partial charge < -0.3 is 10.5 Å². The molecule has 0 aliphatic heterocycles. The summed E-state index contributed by atoms with van der Waals surface area (Å²) in [7, 11) is 0. The largest absolute Gasteiger partial charge is 0.493 e. The molecule has 1 aromatic rings. The van der Waals surface area contributed by atoms with Crippen LogP contribution in [0.2, 0.25) is 0 Å². The summed E-state index contributed by atoms with van der Waals surface area (Å²) in [6, 6.07) is 2.55. The molecule has 0 fully saturated rings. The number of nitrogens with two attached hydrogens (primary N) is 1. The molecule has 0 amide bonds. The maximum Gasteiger partial charge on any atom is 0.122 e. The van der Waals surface area contributed by atoms with Crippen molar-refractivity contribution in [3.05, 3.63) is 28.3 Å². The van der Waals surface area contributed by atoms with E-state index < -0.39 is 0 Å². The van der Waals surface area contributed by atoms with Crippen molar-refractivity contribution in [1.29, 1.82) is 0 Å². The van der Waals surface area contributed by atoms with Crippen molar-refractivity contribution in [1.82, 2.24) is 0 Å². The topological polar surface area (TPSA) is 35.2 Å². The molecule has 0 saturated heterocycles. The quantitative estimate of drug-likeness (QED) is 0.761. The molecular formula is C18H31NO. The lowest BCUT2D eigenvalue weighted by Gasteiger charge is -2.18. The van der Waals surface area contributed by atoms with E-state index in [4.69, 9.17) is 10.5 Å². The lowest BCUT2D eigenvalue weighted by molar-refractivity contribution is 0.314. The van der Waals surface area contributed by atoms with Crippen LogP contribution in [0.25, 0.3) is 0 Å². The average Bonchev–Trinajstić information content (AvgIpc) is 2.44. The van der Waals surface area contributed by atoms with Crippen LogP contribution in [0.1, 0.15) is 61.8 Å². The third-order valence-electron chi connectivity index (χ3n) is 4.20.